The van der Waals surface area contributed by atoms with Gasteiger partial charge in [-0.05, 0) is 18.3 Å². The Bertz CT molecular complexity index is 216. The van der Waals surface area contributed by atoms with Crippen LogP contribution in [0.25, 0.3) is 0 Å². The van der Waals surface area contributed by atoms with Gasteiger partial charge in [0, 0.05) is 0 Å². The van der Waals surface area contributed by atoms with E-state index in [-0.39, 0.29) is 5.92 Å². The highest BCUT2D eigenvalue weighted by Gasteiger charge is 2.29. The topological polar surface area (TPSA) is 69.4 Å². The summed E-state index contributed by atoms with van der Waals surface area (Å²) in [6, 6.07) is 0. The average Bonchev–Trinajstić information content (AvgIpc) is 2.11. The molecule has 0 fully saturated rings. The van der Waals surface area contributed by atoms with Gasteiger partial charge >= 0.3 is 0 Å². The lowest BCUT2D eigenvalue weighted by Gasteiger charge is -2.27. The Morgan fingerprint density at radius 3 is 2.20 bits per heavy atom. The van der Waals surface area contributed by atoms with Crippen LogP contribution in [0.2, 0.25) is 0 Å². The van der Waals surface area contributed by atoms with Crippen molar-refractivity contribution >= 4 is 12.4 Å². The van der Waals surface area contributed by atoms with Gasteiger partial charge in [0.05, 0.1) is 5.92 Å². The van der Waals surface area contributed by atoms with Gasteiger partial charge in [0.1, 0.15) is 6.10 Å². The predicted octanol–water partition coefficient (Wildman–Crippen LogP) is 1.33. The summed E-state index contributed by atoms with van der Waals surface area (Å²) in [5, 5.41) is 0. The largest absolute Gasteiger partial charge is 0.463 e. The molecular formula is C11H21NO3. The molecule has 0 saturated heterocycles. The van der Waals surface area contributed by atoms with Gasteiger partial charge in [-0.2, -0.15) is 0 Å². The van der Waals surface area contributed by atoms with Gasteiger partial charge in [0.15, 0.2) is 0 Å². The number of carbonyl (C=O) groups excluding carboxylic acids is 2. The first-order chi connectivity index (χ1) is 6.90. The third-order valence-corrected chi connectivity index (χ3v) is 2.56. The van der Waals surface area contributed by atoms with E-state index in [1.54, 1.807) is 6.92 Å². The lowest BCUT2D eigenvalue weighted by molar-refractivity contribution is -0.143. The lowest BCUT2D eigenvalue weighted by atomic mass is 9.87. The van der Waals surface area contributed by atoms with Gasteiger partial charge in [-0.1, -0.05) is 27.7 Å². The second kappa shape index (κ2) is 6.43. The number of primary amides is 1. The summed E-state index contributed by atoms with van der Waals surface area (Å²) >= 11 is 0. The zero-order valence-electron chi connectivity index (χ0n) is 9.90. The van der Waals surface area contributed by atoms with Crippen LogP contribution < -0.4 is 5.73 Å². The number of ether oxygens (including phenoxy) is 1. The minimum absolute atomic E-state index is 0.137. The molecule has 3 atom stereocenters. The molecule has 0 aliphatic carbocycles. The van der Waals surface area contributed by atoms with Crippen LogP contribution in [-0.4, -0.2) is 18.5 Å². The number of rotatable bonds is 7. The third kappa shape index (κ3) is 4.81. The van der Waals surface area contributed by atoms with Crippen molar-refractivity contribution in [3.63, 3.8) is 0 Å². The molecule has 2 N–H and O–H groups in total. The molecule has 4 nitrogen and oxygen atoms in total. The van der Waals surface area contributed by atoms with Gasteiger partial charge in [-0.15, -0.1) is 0 Å². The van der Waals surface area contributed by atoms with Crippen molar-refractivity contribution < 1.29 is 14.3 Å². The van der Waals surface area contributed by atoms with E-state index in [9.17, 15) is 9.59 Å². The summed E-state index contributed by atoms with van der Waals surface area (Å²) in [5.74, 6) is -0.239. The molecule has 1 amide bonds. The van der Waals surface area contributed by atoms with E-state index in [4.69, 9.17) is 10.5 Å². The fourth-order valence-electron chi connectivity index (χ4n) is 1.85. The van der Waals surface area contributed by atoms with Crippen molar-refractivity contribution in [1.29, 1.82) is 0 Å². The van der Waals surface area contributed by atoms with E-state index in [0.717, 1.165) is 6.42 Å². The van der Waals surface area contributed by atoms with Crippen LogP contribution in [0, 0.1) is 17.8 Å². The first kappa shape index (κ1) is 13.9. The van der Waals surface area contributed by atoms with E-state index >= 15 is 0 Å². The van der Waals surface area contributed by atoms with E-state index in [1.165, 1.54) is 0 Å². The SMILES string of the molecule is CC(C)CC(C)C(OC=O)C(C)C(N)=O. The van der Waals surface area contributed by atoms with Crippen molar-refractivity contribution in [1.82, 2.24) is 0 Å². The lowest BCUT2D eigenvalue weighted by Crippen LogP contribution is -2.37. The highest BCUT2D eigenvalue weighted by molar-refractivity contribution is 5.77. The van der Waals surface area contributed by atoms with Crippen LogP contribution in [0.15, 0.2) is 0 Å². The highest BCUT2D eigenvalue weighted by Crippen LogP contribution is 2.22. The van der Waals surface area contributed by atoms with Crippen LogP contribution in [0.1, 0.15) is 34.1 Å². The van der Waals surface area contributed by atoms with Gasteiger partial charge in [0.2, 0.25) is 5.91 Å². The minimum Gasteiger partial charge on any atom is -0.463 e. The zero-order chi connectivity index (χ0) is 12.0. The molecule has 0 bridgehead atoms. The maximum atomic E-state index is 11.0. The van der Waals surface area contributed by atoms with Gasteiger partial charge in [-0.25, -0.2) is 0 Å². The molecule has 4 heteroatoms. The molecule has 88 valence electrons. The molecular weight excluding hydrogens is 194 g/mol. The Labute approximate surface area is 91.2 Å². The smallest absolute Gasteiger partial charge is 0.293 e. The van der Waals surface area contributed by atoms with E-state index in [1.807, 2.05) is 6.92 Å². The van der Waals surface area contributed by atoms with E-state index in [2.05, 4.69) is 13.8 Å². The van der Waals surface area contributed by atoms with Crippen LogP contribution in [-0.2, 0) is 14.3 Å². The Morgan fingerprint density at radius 1 is 1.33 bits per heavy atom. The Kier molecular flexibility index (Phi) is 5.97. The molecule has 0 rings (SSSR count). The van der Waals surface area contributed by atoms with Crippen molar-refractivity contribution in [2.45, 2.75) is 40.2 Å². The minimum atomic E-state index is -0.441. The summed E-state index contributed by atoms with van der Waals surface area (Å²) in [6.45, 7) is 8.22. The maximum absolute atomic E-state index is 11.0. The van der Waals surface area contributed by atoms with Crippen LogP contribution in [0.3, 0.4) is 0 Å². The molecule has 0 aromatic heterocycles. The van der Waals surface area contributed by atoms with Crippen molar-refractivity contribution in [3.8, 4) is 0 Å². The monoisotopic (exact) mass is 215 g/mol. The maximum Gasteiger partial charge on any atom is 0.293 e. The number of carbonyl (C=O) groups is 2. The number of nitrogens with two attached hydrogens (primary N) is 1. The molecule has 15 heavy (non-hydrogen) atoms. The second-order valence-corrected chi connectivity index (χ2v) is 4.49. The van der Waals surface area contributed by atoms with E-state index < -0.39 is 17.9 Å². The van der Waals surface area contributed by atoms with E-state index in [0.29, 0.717) is 12.4 Å². The Morgan fingerprint density at radius 2 is 1.87 bits per heavy atom. The molecule has 0 radical (unpaired) electrons. The molecule has 3 unspecified atom stereocenters. The van der Waals surface area contributed by atoms with Gasteiger partial charge < -0.3 is 10.5 Å². The standard InChI is InChI=1S/C11H21NO3/c1-7(2)5-8(3)10(15-6-13)9(4)11(12)14/h6-10H,5H2,1-4H3,(H2,12,14). The van der Waals surface area contributed by atoms with Crippen LogP contribution in [0.5, 0.6) is 0 Å². The van der Waals surface area contributed by atoms with Crippen LogP contribution >= 0.6 is 0 Å². The van der Waals surface area contributed by atoms with Gasteiger partial charge in [-0.3, -0.25) is 9.59 Å². The zero-order valence-corrected chi connectivity index (χ0v) is 9.90. The first-order valence-corrected chi connectivity index (χ1v) is 5.28. The summed E-state index contributed by atoms with van der Waals surface area (Å²) in [6.07, 6.45) is 0.484. The van der Waals surface area contributed by atoms with Crippen molar-refractivity contribution in [2.75, 3.05) is 0 Å². The molecule has 0 spiro atoms. The summed E-state index contributed by atoms with van der Waals surface area (Å²) < 4.78 is 4.95. The molecule has 0 aliphatic rings. The predicted molar refractivity (Wildman–Crippen MR) is 57.9 cm³/mol. The van der Waals surface area contributed by atoms with Crippen molar-refractivity contribution in [2.24, 2.45) is 23.5 Å². The summed E-state index contributed by atoms with van der Waals surface area (Å²) in [5.41, 5.74) is 5.20. The average molecular weight is 215 g/mol. The third-order valence-electron chi connectivity index (χ3n) is 2.56. The van der Waals surface area contributed by atoms with Gasteiger partial charge in [0.25, 0.3) is 6.47 Å². The quantitative estimate of drug-likeness (QED) is 0.651. The molecule has 0 aromatic carbocycles. The summed E-state index contributed by atoms with van der Waals surface area (Å²) in [7, 11) is 0. The Balaban J connectivity index is 4.49. The Hall–Kier alpha value is -1.06. The number of amides is 1. The fraction of sp³-hybridized carbons (Fsp3) is 0.818. The molecule has 0 saturated carbocycles. The normalized spacial score (nSPS) is 16.9. The second-order valence-electron chi connectivity index (χ2n) is 4.49. The highest BCUT2D eigenvalue weighted by atomic mass is 16.5. The van der Waals surface area contributed by atoms with Crippen LogP contribution in [0.4, 0.5) is 0 Å². The first-order valence-electron chi connectivity index (χ1n) is 5.28. The molecule has 0 aromatic rings. The number of hydrogen-bond acceptors (Lipinski definition) is 3. The fourth-order valence-corrected chi connectivity index (χ4v) is 1.85. The molecule has 0 aliphatic heterocycles. The number of hydrogen-bond donors (Lipinski definition) is 1. The molecule has 0 heterocycles. The summed E-state index contributed by atoms with van der Waals surface area (Å²) in [4.78, 5) is 21.4. The van der Waals surface area contributed by atoms with Crippen molar-refractivity contribution in [3.05, 3.63) is 0 Å².